The van der Waals surface area contributed by atoms with Crippen molar-refractivity contribution in [2.45, 2.75) is 19.9 Å². The Morgan fingerprint density at radius 3 is 2.08 bits per heavy atom. The molecular weight excluding hydrogens is 474 g/mol. The van der Waals surface area contributed by atoms with Crippen molar-refractivity contribution in [2.75, 3.05) is 4.31 Å². The van der Waals surface area contributed by atoms with Gasteiger partial charge in [-0.3, -0.25) is 8.51 Å². The number of carboxylic acid groups (broad SMARTS) is 1. The van der Waals surface area contributed by atoms with Gasteiger partial charge in [0.05, 0.1) is 0 Å². The van der Waals surface area contributed by atoms with Gasteiger partial charge in [-0.15, -0.1) is 0 Å². The highest BCUT2D eigenvalue weighted by Gasteiger charge is 2.30. The van der Waals surface area contributed by atoms with Gasteiger partial charge in [0.25, 0.3) is 0 Å². The van der Waals surface area contributed by atoms with E-state index in [1.807, 2.05) is 18.2 Å². The van der Waals surface area contributed by atoms with E-state index in [0.29, 0.717) is 5.69 Å². The molecule has 0 fully saturated rings. The fraction of sp³-hybridized carbons (Fsp3) is 0.235. The van der Waals surface area contributed by atoms with E-state index < -0.39 is 23.3 Å². The predicted octanol–water partition coefficient (Wildman–Crippen LogP) is 4.59. The summed E-state index contributed by atoms with van der Waals surface area (Å²) in [5.41, 5.74) is 2.16. The van der Waals surface area contributed by atoms with E-state index >= 15 is 0 Å². The number of carboxylic acids is 1. The first-order chi connectivity index (χ1) is 11.7. The number of anilines is 1. The van der Waals surface area contributed by atoms with E-state index in [1.54, 1.807) is 38.1 Å². The highest BCUT2D eigenvalue weighted by atomic mass is 79.9. The normalized spacial score (nSPS) is 13.5. The van der Waals surface area contributed by atoms with Crippen LogP contribution in [-0.4, -0.2) is 25.9 Å². The second-order valence-corrected chi connectivity index (χ2v) is 8.28. The van der Waals surface area contributed by atoms with Gasteiger partial charge in [0.2, 0.25) is 0 Å². The zero-order chi connectivity index (χ0) is 18.7. The first-order valence-corrected chi connectivity index (χ1v) is 10.0. The predicted molar refractivity (Wildman–Crippen MR) is 105 cm³/mol. The number of benzene rings is 2. The molecule has 0 amide bonds. The van der Waals surface area contributed by atoms with Gasteiger partial charge in [0.1, 0.15) is 6.04 Å². The van der Waals surface area contributed by atoms with Crippen LogP contribution in [0.3, 0.4) is 0 Å². The number of aliphatic carboxylic acids is 1. The Morgan fingerprint density at radius 1 is 1.08 bits per heavy atom. The van der Waals surface area contributed by atoms with Gasteiger partial charge in [-0.1, -0.05) is 32.0 Å². The summed E-state index contributed by atoms with van der Waals surface area (Å²) >= 11 is 4.17. The highest BCUT2D eigenvalue weighted by molar-refractivity contribution is 9.13. The fourth-order valence-electron chi connectivity index (χ4n) is 2.47. The smallest absolute Gasteiger partial charge is 0.327 e. The lowest BCUT2D eigenvalue weighted by Gasteiger charge is -2.34. The summed E-state index contributed by atoms with van der Waals surface area (Å²) in [6, 6.07) is 11.4. The largest absolute Gasteiger partial charge is 0.755 e. The Hall–Kier alpha value is -1.22. The summed E-state index contributed by atoms with van der Waals surface area (Å²) < 4.78 is 26.0. The third kappa shape index (κ3) is 4.69. The van der Waals surface area contributed by atoms with E-state index in [1.165, 1.54) is 0 Å². The molecule has 0 aromatic heterocycles. The van der Waals surface area contributed by atoms with E-state index in [4.69, 9.17) is 0 Å². The monoisotopic (exact) mass is 488 g/mol. The van der Waals surface area contributed by atoms with Gasteiger partial charge in [0, 0.05) is 25.9 Å². The topological polar surface area (TPSA) is 80.7 Å². The van der Waals surface area contributed by atoms with Gasteiger partial charge < -0.3 is 9.66 Å². The Balaban J connectivity index is 2.40. The van der Waals surface area contributed by atoms with Gasteiger partial charge in [-0.25, -0.2) is 4.79 Å². The first-order valence-electron chi connectivity index (χ1n) is 7.39. The van der Waals surface area contributed by atoms with E-state index in [2.05, 4.69) is 31.9 Å². The van der Waals surface area contributed by atoms with Crippen molar-refractivity contribution in [3.05, 3.63) is 51.4 Å². The van der Waals surface area contributed by atoms with Crippen LogP contribution in [0, 0.1) is 5.92 Å². The minimum atomic E-state index is -2.69. The molecule has 134 valence electrons. The lowest BCUT2D eigenvalue weighted by molar-refractivity contribution is -0.139. The third-order valence-electron chi connectivity index (χ3n) is 3.67. The summed E-state index contributed by atoms with van der Waals surface area (Å²) in [6.45, 7) is 3.35. The van der Waals surface area contributed by atoms with Crippen molar-refractivity contribution in [3.63, 3.8) is 0 Å². The minimum Gasteiger partial charge on any atom is -0.755 e. The second-order valence-electron chi connectivity index (χ2n) is 5.75. The number of rotatable bonds is 6. The molecule has 0 radical (unpaired) electrons. The van der Waals surface area contributed by atoms with Crippen LogP contribution in [0.1, 0.15) is 13.8 Å². The lowest BCUT2D eigenvalue weighted by atomic mass is 10.0. The summed E-state index contributed by atoms with van der Waals surface area (Å²) in [6.07, 6.45) is 0. The molecule has 8 heteroatoms. The summed E-state index contributed by atoms with van der Waals surface area (Å²) in [5, 5.41) is 9.39. The molecule has 0 aliphatic carbocycles. The molecule has 0 spiro atoms. The van der Waals surface area contributed by atoms with Crippen LogP contribution in [0.15, 0.2) is 51.4 Å². The highest BCUT2D eigenvalue weighted by Crippen LogP contribution is 2.31. The zero-order valence-corrected chi connectivity index (χ0v) is 17.5. The van der Waals surface area contributed by atoms with E-state index in [9.17, 15) is 18.7 Å². The SMILES string of the molecule is CC(C)C(C(=O)O)N(c1ccc(-c2ccc(Br)c(Br)c2)cc1)S(=O)[O-]. The molecule has 2 aromatic carbocycles. The third-order valence-corrected chi connectivity index (χ3v) is 6.31. The molecule has 2 atom stereocenters. The van der Waals surface area contributed by atoms with Crippen molar-refractivity contribution >= 4 is 54.8 Å². The number of nitrogens with zero attached hydrogens (tertiary/aromatic N) is 1. The first kappa shape index (κ1) is 20.1. The van der Waals surface area contributed by atoms with Crippen molar-refractivity contribution < 1.29 is 18.7 Å². The molecule has 2 unspecified atom stereocenters. The molecule has 0 aliphatic rings. The minimum absolute atomic E-state index is 0.314. The van der Waals surface area contributed by atoms with Crippen LogP contribution >= 0.6 is 31.9 Å². The van der Waals surface area contributed by atoms with Crippen LogP contribution in [0.2, 0.25) is 0 Å². The summed E-state index contributed by atoms with van der Waals surface area (Å²) in [7, 11) is 0. The Bertz CT molecular complexity index is 796. The molecule has 0 bridgehead atoms. The molecule has 1 N–H and O–H groups in total. The molecule has 2 rings (SSSR count). The summed E-state index contributed by atoms with van der Waals surface area (Å²) in [5.74, 6) is -1.56. The molecule has 0 aliphatic heterocycles. The molecule has 2 aromatic rings. The van der Waals surface area contributed by atoms with E-state index in [0.717, 1.165) is 24.4 Å². The van der Waals surface area contributed by atoms with Crippen molar-refractivity contribution in [2.24, 2.45) is 5.92 Å². The average Bonchev–Trinajstić information content (AvgIpc) is 2.54. The molecule has 0 heterocycles. The van der Waals surface area contributed by atoms with Crippen molar-refractivity contribution in [1.82, 2.24) is 0 Å². The second kappa shape index (κ2) is 8.44. The van der Waals surface area contributed by atoms with Crippen LogP contribution in [0.25, 0.3) is 11.1 Å². The van der Waals surface area contributed by atoms with Crippen LogP contribution in [0.4, 0.5) is 5.69 Å². The van der Waals surface area contributed by atoms with Crippen LogP contribution in [-0.2, 0) is 16.1 Å². The molecule has 5 nitrogen and oxygen atoms in total. The Kier molecular flexibility index (Phi) is 6.79. The standard InChI is InChI=1S/C17H17Br2NO4S/c1-10(2)16(17(21)22)20(25(23)24)13-6-3-11(4-7-13)12-5-8-14(18)15(19)9-12/h3-10,16H,1-2H3,(H,21,22)(H,23,24)/p-1. The maximum absolute atomic E-state index is 11.6. The van der Waals surface area contributed by atoms with Crippen LogP contribution < -0.4 is 4.31 Å². The maximum Gasteiger partial charge on any atom is 0.327 e. The van der Waals surface area contributed by atoms with Gasteiger partial charge >= 0.3 is 5.97 Å². The van der Waals surface area contributed by atoms with E-state index in [-0.39, 0.29) is 5.92 Å². The molecular formula is C17H16Br2NO4S-. The lowest BCUT2D eigenvalue weighted by Crippen LogP contribution is -2.45. The molecule has 25 heavy (non-hydrogen) atoms. The van der Waals surface area contributed by atoms with Gasteiger partial charge in [-0.05, 0) is 73.2 Å². The molecule has 0 saturated carbocycles. The van der Waals surface area contributed by atoms with Gasteiger partial charge in [0.15, 0.2) is 0 Å². The number of hydrogen-bond donors (Lipinski definition) is 1. The number of halogens is 2. The Morgan fingerprint density at radius 2 is 1.64 bits per heavy atom. The maximum atomic E-state index is 11.6. The number of carbonyl (C=O) groups is 1. The fourth-order valence-corrected chi connectivity index (χ4v) is 3.91. The quantitative estimate of drug-likeness (QED) is 0.601. The van der Waals surface area contributed by atoms with Crippen molar-refractivity contribution in [1.29, 1.82) is 0 Å². The van der Waals surface area contributed by atoms with Gasteiger partial charge in [-0.2, -0.15) is 0 Å². The number of hydrogen-bond acceptors (Lipinski definition) is 3. The average molecular weight is 490 g/mol. The summed E-state index contributed by atoms with van der Waals surface area (Å²) in [4.78, 5) is 11.5. The Labute approximate surface area is 165 Å². The van der Waals surface area contributed by atoms with Crippen molar-refractivity contribution in [3.8, 4) is 11.1 Å². The van der Waals surface area contributed by atoms with Crippen LogP contribution in [0.5, 0.6) is 0 Å². The molecule has 0 saturated heterocycles. The zero-order valence-electron chi connectivity index (χ0n) is 13.5.